The normalized spacial score (nSPS) is 12.3. The van der Waals surface area contributed by atoms with Gasteiger partial charge in [0.05, 0.1) is 17.1 Å². The number of esters is 1. The van der Waals surface area contributed by atoms with Gasteiger partial charge in [0, 0.05) is 11.7 Å². The Morgan fingerprint density at radius 2 is 1.59 bits per heavy atom. The molecule has 0 bridgehead atoms. The highest BCUT2D eigenvalue weighted by atomic mass is 32.2. The van der Waals surface area contributed by atoms with Crippen molar-refractivity contribution in [2.45, 2.75) is 57.6 Å². The van der Waals surface area contributed by atoms with Gasteiger partial charge in [-0.3, -0.25) is 4.79 Å². The fourth-order valence-electron chi connectivity index (χ4n) is 2.64. The Morgan fingerprint density at radius 1 is 0.969 bits per heavy atom. The lowest BCUT2D eigenvalue weighted by atomic mass is 10.2. The van der Waals surface area contributed by atoms with E-state index in [-0.39, 0.29) is 10.9 Å². The van der Waals surface area contributed by atoms with E-state index in [9.17, 15) is 18.0 Å². The van der Waals surface area contributed by atoms with Gasteiger partial charge in [-0.15, -0.1) is 0 Å². The summed E-state index contributed by atoms with van der Waals surface area (Å²) < 4.78 is 37.6. The van der Waals surface area contributed by atoms with Gasteiger partial charge >= 0.3 is 5.97 Å². The number of anilines is 1. The molecule has 9 heteroatoms. The molecule has 2 aromatic rings. The minimum absolute atomic E-state index is 0.0887. The Bertz CT molecular complexity index is 1000. The van der Waals surface area contributed by atoms with E-state index in [0.717, 1.165) is 12.8 Å². The molecular weight excluding hydrogens is 432 g/mol. The fourth-order valence-corrected chi connectivity index (χ4v) is 3.89. The topological polar surface area (TPSA) is 111 Å². The van der Waals surface area contributed by atoms with E-state index >= 15 is 0 Å². The second kappa shape index (κ2) is 11.6. The third-order valence-electron chi connectivity index (χ3n) is 4.33. The van der Waals surface area contributed by atoms with Crippen molar-refractivity contribution in [3.05, 3.63) is 54.1 Å². The second-order valence-electron chi connectivity index (χ2n) is 7.56. The van der Waals surface area contributed by atoms with Crippen molar-refractivity contribution in [3.63, 3.8) is 0 Å². The number of benzene rings is 2. The summed E-state index contributed by atoms with van der Waals surface area (Å²) in [6.07, 6.45) is 0.932. The van der Waals surface area contributed by atoms with Crippen LogP contribution < -0.4 is 14.8 Å². The standard InChI is InChI=1S/C23H30N2O6S/c1-5-6-15-30-20-11-7-18(8-12-20)23(27)31-17(4)22(26)24-19-9-13-21(14-10-19)32(28,29)25-16(2)3/h7-14,16-17,25H,5-6,15H2,1-4H3,(H,24,26). The highest BCUT2D eigenvalue weighted by molar-refractivity contribution is 7.89. The number of ether oxygens (including phenoxy) is 2. The van der Waals surface area contributed by atoms with E-state index in [0.29, 0.717) is 23.6 Å². The van der Waals surface area contributed by atoms with Crippen molar-refractivity contribution in [2.24, 2.45) is 0 Å². The number of rotatable bonds is 11. The van der Waals surface area contributed by atoms with E-state index in [2.05, 4.69) is 17.0 Å². The van der Waals surface area contributed by atoms with E-state index in [1.165, 1.54) is 31.2 Å². The van der Waals surface area contributed by atoms with Crippen LogP contribution in [0.4, 0.5) is 5.69 Å². The predicted octanol–water partition coefficient (Wildman–Crippen LogP) is 3.74. The van der Waals surface area contributed by atoms with Gasteiger partial charge in [0.1, 0.15) is 5.75 Å². The minimum atomic E-state index is -3.62. The zero-order valence-corrected chi connectivity index (χ0v) is 19.6. The lowest BCUT2D eigenvalue weighted by Gasteiger charge is -2.14. The first kappa shape index (κ1) is 25.4. The molecule has 0 saturated heterocycles. The van der Waals surface area contributed by atoms with E-state index in [4.69, 9.17) is 9.47 Å². The maximum atomic E-state index is 12.4. The van der Waals surface area contributed by atoms with Gasteiger partial charge in [-0.25, -0.2) is 17.9 Å². The monoisotopic (exact) mass is 462 g/mol. The van der Waals surface area contributed by atoms with Crippen LogP contribution in [0.15, 0.2) is 53.4 Å². The maximum absolute atomic E-state index is 12.4. The Balaban J connectivity index is 1.91. The molecule has 1 amide bonds. The lowest BCUT2D eigenvalue weighted by Crippen LogP contribution is -2.30. The quantitative estimate of drug-likeness (QED) is 0.389. The zero-order chi connectivity index (χ0) is 23.7. The van der Waals surface area contributed by atoms with Gasteiger partial charge in [-0.1, -0.05) is 13.3 Å². The van der Waals surface area contributed by atoms with Gasteiger partial charge in [0.2, 0.25) is 10.0 Å². The summed E-state index contributed by atoms with van der Waals surface area (Å²) >= 11 is 0. The predicted molar refractivity (Wildman–Crippen MR) is 122 cm³/mol. The van der Waals surface area contributed by atoms with Crippen LogP contribution in [0.1, 0.15) is 50.9 Å². The molecule has 8 nitrogen and oxygen atoms in total. The third-order valence-corrected chi connectivity index (χ3v) is 6.01. The molecule has 0 spiro atoms. The van der Waals surface area contributed by atoms with Crippen LogP contribution in [-0.4, -0.2) is 39.0 Å². The van der Waals surface area contributed by atoms with E-state index in [1.807, 2.05) is 0 Å². The molecule has 0 aliphatic rings. The Hall–Kier alpha value is -2.91. The largest absolute Gasteiger partial charge is 0.494 e. The molecule has 0 heterocycles. The maximum Gasteiger partial charge on any atom is 0.338 e. The summed E-state index contributed by atoms with van der Waals surface area (Å²) in [5.74, 6) is -0.502. The van der Waals surface area contributed by atoms with Crippen LogP contribution in [0.25, 0.3) is 0 Å². The number of nitrogens with one attached hydrogen (secondary N) is 2. The molecule has 1 unspecified atom stereocenters. The Kier molecular flexibility index (Phi) is 9.22. The minimum Gasteiger partial charge on any atom is -0.494 e. The van der Waals surface area contributed by atoms with Gasteiger partial charge in [0.15, 0.2) is 6.10 Å². The Labute approximate surface area is 189 Å². The smallest absolute Gasteiger partial charge is 0.338 e. The molecule has 0 aromatic heterocycles. The number of unbranched alkanes of at least 4 members (excludes halogenated alkanes) is 1. The van der Waals surface area contributed by atoms with Crippen molar-refractivity contribution < 1.29 is 27.5 Å². The summed E-state index contributed by atoms with van der Waals surface area (Å²) in [5, 5.41) is 2.60. The first-order chi connectivity index (χ1) is 15.1. The zero-order valence-electron chi connectivity index (χ0n) is 18.8. The van der Waals surface area contributed by atoms with Crippen molar-refractivity contribution in [3.8, 4) is 5.75 Å². The molecule has 2 aromatic carbocycles. The first-order valence-corrected chi connectivity index (χ1v) is 12.0. The fraction of sp³-hybridized carbons (Fsp3) is 0.391. The number of carbonyl (C=O) groups is 2. The van der Waals surface area contributed by atoms with Crippen molar-refractivity contribution in [1.29, 1.82) is 0 Å². The van der Waals surface area contributed by atoms with Crippen LogP contribution >= 0.6 is 0 Å². The SMILES string of the molecule is CCCCOc1ccc(C(=O)OC(C)C(=O)Nc2ccc(S(=O)(=O)NC(C)C)cc2)cc1. The highest BCUT2D eigenvalue weighted by Crippen LogP contribution is 2.16. The highest BCUT2D eigenvalue weighted by Gasteiger charge is 2.20. The molecule has 0 fully saturated rings. The lowest BCUT2D eigenvalue weighted by molar-refractivity contribution is -0.123. The summed E-state index contributed by atoms with van der Waals surface area (Å²) in [7, 11) is -3.62. The Morgan fingerprint density at radius 3 is 2.16 bits per heavy atom. The number of hydrogen-bond acceptors (Lipinski definition) is 6. The number of hydrogen-bond donors (Lipinski definition) is 2. The number of carbonyl (C=O) groups excluding carboxylic acids is 2. The molecule has 0 radical (unpaired) electrons. The molecule has 0 aliphatic heterocycles. The van der Waals surface area contributed by atoms with E-state index < -0.39 is 28.0 Å². The van der Waals surface area contributed by atoms with Crippen LogP contribution in [0.5, 0.6) is 5.75 Å². The second-order valence-corrected chi connectivity index (χ2v) is 9.28. The van der Waals surface area contributed by atoms with Gasteiger partial charge in [0.25, 0.3) is 5.91 Å². The summed E-state index contributed by atoms with van der Waals surface area (Å²) in [5.41, 5.74) is 0.690. The van der Waals surface area contributed by atoms with Crippen LogP contribution in [-0.2, 0) is 19.6 Å². The molecule has 2 N–H and O–H groups in total. The van der Waals surface area contributed by atoms with Gasteiger partial charge in [-0.2, -0.15) is 0 Å². The van der Waals surface area contributed by atoms with Gasteiger partial charge < -0.3 is 14.8 Å². The van der Waals surface area contributed by atoms with Crippen molar-refractivity contribution in [1.82, 2.24) is 4.72 Å². The third kappa shape index (κ3) is 7.65. The van der Waals surface area contributed by atoms with Crippen molar-refractivity contribution in [2.75, 3.05) is 11.9 Å². The molecule has 32 heavy (non-hydrogen) atoms. The molecular formula is C23H30N2O6S. The average Bonchev–Trinajstić information content (AvgIpc) is 2.73. The molecule has 1 atom stereocenters. The molecule has 0 saturated carbocycles. The van der Waals surface area contributed by atoms with Crippen LogP contribution in [0.3, 0.4) is 0 Å². The van der Waals surface area contributed by atoms with Crippen LogP contribution in [0.2, 0.25) is 0 Å². The molecule has 174 valence electrons. The number of amides is 1. The van der Waals surface area contributed by atoms with E-state index in [1.54, 1.807) is 38.1 Å². The van der Waals surface area contributed by atoms with Crippen molar-refractivity contribution >= 4 is 27.6 Å². The van der Waals surface area contributed by atoms with Gasteiger partial charge in [-0.05, 0) is 75.7 Å². The summed E-state index contributed by atoms with van der Waals surface area (Å²) in [6.45, 7) is 7.60. The molecule has 0 aliphatic carbocycles. The van der Waals surface area contributed by atoms with Crippen LogP contribution in [0, 0.1) is 0 Å². The first-order valence-electron chi connectivity index (χ1n) is 10.5. The molecule has 2 rings (SSSR count). The average molecular weight is 463 g/mol. The summed E-state index contributed by atoms with van der Waals surface area (Å²) in [6, 6.07) is 12.0. The number of sulfonamides is 1. The summed E-state index contributed by atoms with van der Waals surface area (Å²) in [4.78, 5) is 24.8.